The highest BCUT2D eigenvalue weighted by atomic mass is 35.5. The fourth-order valence-electron chi connectivity index (χ4n) is 3.00. The highest BCUT2D eigenvalue weighted by molar-refractivity contribution is 6.31. The number of quaternary nitrogens is 1. The van der Waals surface area contributed by atoms with Crippen molar-refractivity contribution in [3.63, 3.8) is 0 Å². The molecule has 0 unspecified atom stereocenters. The second-order valence-corrected chi connectivity index (χ2v) is 5.77. The fourth-order valence-corrected chi connectivity index (χ4v) is 3.19. The number of nitrogens with zero attached hydrogens (tertiary/aromatic N) is 1. The van der Waals surface area contributed by atoms with E-state index in [4.69, 9.17) is 11.6 Å². The van der Waals surface area contributed by atoms with Gasteiger partial charge in [0.2, 0.25) is 0 Å². The van der Waals surface area contributed by atoms with Gasteiger partial charge in [-0.25, -0.2) is 0 Å². The molecule has 0 bridgehead atoms. The Morgan fingerprint density at radius 3 is 2.45 bits per heavy atom. The van der Waals surface area contributed by atoms with Gasteiger partial charge in [0.1, 0.15) is 0 Å². The van der Waals surface area contributed by atoms with Gasteiger partial charge in [-0.15, -0.1) is 0 Å². The first kappa shape index (κ1) is 16.9. The molecule has 0 radical (unpaired) electrons. The number of aromatic nitrogens is 1. The van der Waals surface area contributed by atoms with Crippen LogP contribution in [0.25, 0.3) is 10.9 Å². The van der Waals surface area contributed by atoms with Crippen LogP contribution < -0.4 is 18.1 Å². The molecule has 3 aromatic rings. The zero-order valence-electron chi connectivity index (χ0n) is 12.7. The Bertz CT molecular complexity index is 778. The number of halogens is 2. The molecule has 2 aromatic carbocycles. The first-order valence-corrected chi connectivity index (χ1v) is 7.69. The van der Waals surface area contributed by atoms with Crippen molar-refractivity contribution >= 4 is 22.5 Å². The Morgan fingerprint density at radius 2 is 1.73 bits per heavy atom. The lowest BCUT2D eigenvalue weighted by Crippen LogP contribution is -3.00. The number of hydrogen-bond acceptors (Lipinski definition) is 0. The Hall–Kier alpha value is -1.48. The largest absolute Gasteiger partial charge is 1.00 e. The van der Waals surface area contributed by atoms with Crippen LogP contribution in [0.2, 0.25) is 5.02 Å². The molecule has 0 atom stereocenters. The van der Waals surface area contributed by atoms with E-state index >= 15 is 0 Å². The van der Waals surface area contributed by atoms with Crippen molar-refractivity contribution in [3.8, 4) is 0 Å². The summed E-state index contributed by atoms with van der Waals surface area (Å²) in [6.45, 7) is 3.92. The molecule has 116 valence electrons. The van der Waals surface area contributed by atoms with E-state index in [1.165, 1.54) is 22.2 Å². The predicted octanol–water partition coefficient (Wildman–Crippen LogP) is 0.440. The lowest BCUT2D eigenvalue weighted by Gasteiger charge is -2.10. The SMILES string of the molecule is Cc1c(CC[NH3+])c2ccccc2n1Cc1ccccc1Cl.[Cl-]. The zero-order valence-corrected chi connectivity index (χ0v) is 14.2. The van der Waals surface area contributed by atoms with Crippen LogP contribution in [0.15, 0.2) is 48.5 Å². The van der Waals surface area contributed by atoms with Gasteiger partial charge < -0.3 is 22.7 Å². The molecule has 0 saturated heterocycles. The highest BCUT2D eigenvalue weighted by Crippen LogP contribution is 2.28. The van der Waals surface area contributed by atoms with E-state index in [0.29, 0.717) is 0 Å². The van der Waals surface area contributed by atoms with Gasteiger partial charge in [-0.05, 0) is 30.2 Å². The van der Waals surface area contributed by atoms with E-state index in [0.717, 1.165) is 30.1 Å². The van der Waals surface area contributed by atoms with Crippen LogP contribution in [-0.4, -0.2) is 11.1 Å². The summed E-state index contributed by atoms with van der Waals surface area (Å²) < 4.78 is 2.36. The number of para-hydroxylation sites is 1. The van der Waals surface area contributed by atoms with E-state index in [1.807, 2.05) is 18.2 Å². The quantitative estimate of drug-likeness (QED) is 0.718. The second-order valence-electron chi connectivity index (χ2n) is 5.36. The lowest BCUT2D eigenvalue weighted by atomic mass is 10.1. The van der Waals surface area contributed by atoms with Gasteiger partial charge in [-0.1, -0.05) is 48.0 Å². The number of benzene rings is 2. The van der Waals surface area contributed by atoms with Crippen LogP contribution in [0.3, 0.4) is 0 Å². The first-order chi connectivity index (χ1) is 10.2. The number of hydrogen-bond donors (Lipinski definition) is 1. The average molecular weight is 335 g/mol. The van der Waals surface area contributed by atoms with Gasteiger partial charge in [0, 0.05) is 34.6 Å². The minimum absolute atomic E-state index is 0. The third-order valence-electron chi connectivity index (χ3n) is 4.07. The molecule has 3 N–H and O–H groups in total. The number of fused-ring (bicyclic) bond motifs is 1. The van der Waals surface area contributed by atoms with Crippen molar-refractivity contribution in [1.82, 2.24) is 4.57 Å². The summed E-state index contributed by atoms with van der Waals surface area (Å²) in [4.78, 5) is 0. The maximum absolute atomic E-state index is 6.32. The summed E-state index contributed by atoms with van der Waals surface area (Å²) in [7, 11) is 0. The minimum Gasteiger partial charge on any atom is -1.00 e. The van der Waals surface area contributed by atoms with Crippen molar-refractivity contribution in [3.05, 3.63) is 70.4 Å². The van der Waals surface area contributed by atoms with Crippen molar-refractivity contribution in [2.24, 2.45) is 0 Å². The molecular formula is C18H20Cl2N2. The molecule has 2 nitrogen and oxygen atoms in total. The molecule has 1 heterocycles. The normalized spacial score (nSPS) is 10.7. The summed E-state index contributed by atoms with van der Waals surface area (Å²) in [5.41, 5.74) is 9.17. The van der Waals surface area contributed by atoms with E-state index < -0.39 is 0 Å². The van der Waals surface area contributed by atoms with E-state index in [2.05, 4.69) is 47.6 Å². The topological polar surface area (TPSA) is 32.6 Å². The van der Waals surface area contributed by atoms with Crippen LogP contribution in [-0.2, 0) is 13.0 Å². The molecule has 0 fully saturated rings. The van der Waals surface area contributed by atoms with E-state index in [-0.39, 0.29) is 12.4 Å². The number of rotatable bonds is 4. The summed E-state index contributed by atoms with van der Waals surface area (Å²) in [6.07, 6.45) is 1.02. The van der Waals surface area contributed by atoms with Crippen molar-refractivity contribution in [2.75, 3.05) is 6.54 Å². The van der Waals surface area contributed by atoms with Crippen LogP contribution in [0, 0.1) is 6.92 Å². The molecule has 0 spiro atoms. The Balaban J connectivity index is 0.00000176. The van der Waals surface area contributed by atoms with Crippen molar-refractivity contribution in [2.45, 2.75) is 19.9 Å². The van der Waals surface area contributed by atoms with Gasteiger partial charge in [0.15, 0.2) is 0 Å². The lowest BCUT2D eigenvalue weighted by molar-refractivity contribution is -0.366. The van der Waals surface area contributed by atoms with E-state index in [1.54, 1.807) is 0 Å². The van der Waals surface area contributed by atoms with Crippen LogP contribution in [0.1, 0.15) is 16.8 Å². The Kier molecular flexibility index (Phi) is 5.52. The van der Waals surface area contributed by atoms with Gasteiger partial charge in [0.25, 0.3) is 0 Å². The Morgan fingerprint density at radius 1 is 1.05 bits per heavy atom. The molecule has 22 heavy (non-hydrogen) atoms. The third kappa shape index (κ3) is 3.00. The zero-order chi connectivity index (χ0) is 14.8. The van der Waals surface area contributed by atoms with Gasteiger partial charge in [-0.2, -0.15) is 0 Å². The molecule has 0 aliphatic carbocycles. The first-order valence-electron chi connectivity index (χ1n) is 7.31. The summed E-state index contributed by atoms with van der Waals surface area (Å²) >= 11 is 6.32. The van der Waals surface area contributed by atoms with Gasteiger partial charge in [-0.3, -0.25) is 0 Å². The predicted molar refractivity (Wildman–Crippen MR) is 88.7 cm³/mol. The summed E-state index contributed by atoms with van der Waals surface area (Å²) in [6, 6.07) is 16.7. The summed E-state index contributed by atoms with van der Waals surface area (Å²) in [5.74, 6) is 0. The molecule has 4 heteroatoms. The fraction of sp³-hybridized carbons (Fsp3) is 0.222. The summed E-state index contributed by atoms with van der Waals surface area (Å²) in [5, 5.41) is 2.17. The molecule has 0 amide bonds. The monoisotopic (exact) mass is 334 g/mol. The van der Waals surface area contributed by atoms with Crippen LogP contribution in [0.4, 0.5) is 0 Å². The second kappa shape index (κ2) is 7.19. The molecular weight excluding hydrogens is 315 g/mol. The smallest absolute Gasteiger partial charge is 0.0781 e. The molecule has 3 rings (SSSR count). The van der Waals surface area contributed by atoms with Crippen molar-refractivity contribution in [1.29, 1.82) is 0 Å². The van der Waals surface area contributed by atoms with Gasteiger partial charge >= 0.3 is 0 Å². The minimum atomic E-state index is 0. The van der Waals surface area contributed by atoms with E-state index in [9.17, 15) is 0 Å². The maximum atomic E-state index is 6.32. The van der Waals surface area contributed by atoms with Crippen LogP contribution >= 0.6 is 11.6 Å². The Labute approximate surface area is 142 Å². The maximum Gasteiger partial charge on any atom is 0.0781 e. The standard InChI is InChI=1S/C18H19ClN2.ClH/c1-13-15(10-11-20)16-7-3-5-9-18(16)21(13)12-14-6-2-4-8-17(14)19;/h2-9H,10-12,20H2,1H3;1H. The van der Waals surface area contributed by atoms with Gasteiger partial charge in [0.05, 0.1) is 6.54 Å². The third-order valence-corrected chi connectivity index (χ3v) is 4.44. The highest BCUT2D eigenvalue weighted by Gasteiger charge is 2.14. The van der Waals surface area contributed by atoms with Crippen LogP contribution in [0.5, 0.6) is 0 Å². The molecule has 0 aliphatic rings. The molecule has 1 aromatic heterocycles. The molecule has 0 saturated carbocycles. The van der Waals surface area contributed by atoms with Crippen molar-refractivity contribution < 1.29 is 18.1 Å². The average Bonchev–Trinajstić information content (AvgIpc) is 2.76. The molecule has 0 aliphatic heterocycles.